The molecular formula is C12H10N4O5. The van der Waals surface area contributed by atoms with Gasteiger partial charge >= 0.3 is 5.97 Å². The van der Waals surface area contributed by atoms with Crippen LogP contribution >= 0.6 is 0 Å². The number of aromatic nitrogens is 2. The fraction of sp³-hybridized carbons (Fsp3) is 0.250. The third-order valence-electron chi connectivity index (χ3n) is 3.48. The summed E-state index contributed by atoms with van der Waals surface area (Å²) < 4.78 is 0. The number of nitro benzene ring substituents is 1. The maximum Gasteiger partial charge on any atom is 0.329 e. The first-order valence-electron chi connectivity index (χ1n) is 6.11. The Balaban J connectivity index is 1.96. The van der Waals surface area contributed by atoms with Crippen LogP contribution in [0.1, 0.15) is 23.3 Å². The van der Waals surface area contributed by atoms with Gasteiger partial charge in [-0.1, -0.05) is 0 Å². The molecule has 1 aromatic heterocycles. The molecule has 1 fully saturated rings. The molecule has 21 heavy (non-hydrogen) atoms. The molecule has 0 radical (unpaired) electrons. The van der Waals surface area contributed by atoms with E-state index in [9.17, 15) is 19.7 Å². The van der Waals surface area contributed by atoms with Gasteiger partial charge in [-0.15, -0.1) is 0 Å². The van der Waals surface area contributed by atoms with E-state index in [1.54, 1.807) is 0 Å². The Morgan fingerprint density at radius 2 is 2.14 bits per heavy atom. The zero-order valence-corrected chi connectivity index (χ0v) is 10.6. The molecule has 0 bridgehead atoms. The lowest BCUT2D eigenvalue weighted by atomic mass is 10.1. The summed E-state index contributed by atoms with van der Waals surface area (Å²) in [7, 11) is 0. The largest absolute Gasteiger partial charge is 0.480 e. The number of carboxylic acid groups (broad SMARTS) is 1. The van der Waals surface area contributed by atoms with Gasteiger partial charge in [0.2, 0.25) is 0 Å². The standard InChI is InChI=1S/C12H10N4O5/c17-10(13-12(3-4-12)11(18)19)9-7-5-6(16(20)21)1-2-8(7)14-15-9/h1-2,5H,3-4H2,(H,13,17)(H,14,15)(H,18,19). The number of H-pyrrole nitrogens is 1. The molecule has 1 amide bonds. The van der Waals surface area contributed by atoms with Gasteiger partial charge in [0.1, 0.15) is 5.54 Å². The molecule has 0 atom stereocenters. The van der Waals surface area contributed by atoms with Crippen LogP contribution in [0, 0.1) is 10.1 Å². The van der Waals surface area contributed by atoms with Crippen molar-refractivity contribution in [3.05, 3.63) is 34.0 Å². The number of hydrogen-bond acceptors (Lipinski definition) is 5. The predicted molar refractivity (Wildman–Crippen MR) is 69.8 cm³/mol. The van der Waals surface area contributed by atoms with Crippen LogP contribution in [0.3, 0.4) is 0 Å². The number of nitrogens with zero attached hydrogens (tertiary/aromatic N) is 2. The maximum absolute atomic E-state index is 12.1. The number of amides is 1. The van der Waals surface area contributed by atoms with Crippen LogP contribution in [0.5, 0.6) is 0 Å². The van der Waals surface area contributed by atoms with Crippen molar-refractivity contribution < 1.29 is 19.6 Å². The number of non-ortho nitro benzene ring substituents is 1. The first kappa shape index (κ1) is 13.0. The van der Waals surface area contributed by atoms with Crippen LogP contribution < -0.4 is 5.32 Å². The minimum atomic E-state index is -1.23. The van der Waals surface area contributed by atoms with Crippen LogP contribution in [0.4, 0.5) is 5.69 Å². The Bertz CT molecular complexity index is 777. The van der Waals surface area contributed by atoms with E-state index in [1.165, 1.54) is 18.2 Å². The van der Waals surface area contributed by atoms with Crippen LogP contribution in [0.25, 0.3) is 10.9 Å². The summed E-state index contributed by atoms with van der Waals surface area (Å²) in [5.74, 6) is -1.76. The third kappa shape index (κ3) is 2.08. The van der Waals surface area contributed by atoms with Crippen molar-refractivity contribution in [2.24, 2.45) is 0 Å². The number of aliphatic carboxylic acids is 1. The second-order valence-corrected chi connectivity index (χ2v) is 4.90. The number of benzene rings is 1. The number of fused-ring (bicyclic) bond motifs is 1. The summed E-state index contributed by atoms with van der Waals surface area (Å²) in [5.41, 5.74) is -0.993. The Kier molecular flexibility index (Phi) is 2.65. The van der Waals surface area contributed by atoms with Crippen LogP contribution in [0.2, 0.25) is 0 Å². The molecule has 1 heterocycles. The topological polar surface area (TPSA) is 138 Å². The molecule has 1 saturated carbocycles. The number of carbonyl (C=O) groups is 2. The highest BCUT2D eigenvalue weighted by atomic mass is 16.6. The molecule has 0 unspecified atom stereocenters. The van der Waals surface area contributed by atoms with Crippen LogP contribution in [-0.4, -0.2) is 37.6 Å². The van der Waals surface area contributed by atoms with Crippen LogP contribution in [0.15, 0.2) is 18.2 Å². The van der Waals surface area contributed by atoms with Crippen molar-refractivity contribution >= 4 is 28.5 Å². The van der Waals surface area contributed by atoms with Gasteiger partial charge in [0, 0.05) is 17.5 Å². The van der Waals surface area contributed by atoms with Gasteiger partial charge in [0.15, 0.2) is 5.69 Å². The highest BCUT2D eigenvalue weighted by Crippen LogP contribution is 2.36. The first-order valence-corrected chi connectivity index (χ1v) is 6.11. The van der Waals surface area contributed by atoms with Crippen molar-refractivity contribution in [2.75, 3.05) is 0 Å². The summed E-state index contributed by atoms with van der Waals surface area (Å²) in [6, 6.07) is 3.97. The Labute approximate surface area is 117 Å². The molecule has 1 aliphatic rings. The van der Waals surface area contributed by atoms with Crippen molar-refractivity contribution in [2.45, 2.75) is 18.4 Å². The van der Waals surface area contributed by atoms with Gasteiger partial charge in [0.05, 0.1) is 10.4 Å². The number of nitro groups is 1. The number of hydrogen-bond donors (Lipinski definition) is 3. The fourth-order valence-corrected chi connectivity index (χ4v) is 2.08. The second kappa shape index (κ2) is 4.27. The molecule has 0 spiro atoms. The SMILES string of the molecule is O=C(NC1(C(=O)O)CC1)c1n[nH]c2ccc([N+](=O)[O-])cc12. The molecule has 3 N–H and O–H groups in total. The van der Waals surface area contributed by atoms with Gasteiger partial charge in [-0.05, 0) is 18.9 Å². The zero-order chi connectivity index (χ0) is 15.2. The van der Waals surface area contributed by atoms with E-state index >= 15 is 0 Å². The predicted octanol–water partition coefficient (Wildman–Crippen LogP) is 0.818. The van der Waals surface area contributed by atoms with E-state index in [-0.39, 0.29) is 16.8 Å². The minimum absolute atomic E-state index is 0.0544. The smallest absolute Gasteiger partial charge is 0.329 e. The average Bonchev–Trinajstić information content (AvgIpc) is 3.09. The van der Waals surface area contributed by atoms with Gasteiger partial charge in [-0.25, -0.2) is 4.79 Å². The zero-order valence-electron chi connectivity index (χ0n) is 10.6. The average molecular weight is 290 g/mol. The van der Waals surface area contributed by atoms with Crippen molar-refractivity contribution in [3.63, 3.8) is 0 Å². The van der Waals surface area contributed by atoms with E-state index in [0.29, 0.717) is 18.4 Å². The highest BCUT2D eigenvalue weighted by molar-refractivity contribution is 6.07. The highest BCUT2D eigenvalue weighted by Gasteiger charge is 2.52. The number of rotatable bonds is 4. The van der Waals surface area contributed by atoms with Crippen LogP contribution in [-0.2, 0) is 4.79 Å². The minimum Gasteiger partial charge on any atom is -0.480 e. The molecule has 9 nitrogen and oxygen atoms in total. The Morgan fingerprint density at radius 1 is 1.43 bits per heavy atom. The molecule has 0 aliphatic heterocycles. The monoisotopic (exact) mass is 290 g/mol. The first-order chi connectivity index (χ1) is 9.93. The number of aromatic amines is 1. The van der Waals surface area contributed by atoms with Gasteiger partial charge < -0.3 is 10.4 Å². The third-order valence-corrected chi connectivity index (χ3v) is 3.48. The molecule has 108 valence electrons. The summed E-state index contributed by atoms with van der Waals surface area (Å²) in [5, 5.41) is 28.9. The lowest BCUT2D eigenvalue weighted by molar-refractivity contribution is -0.384. The molecule has 0 saturated heterocycles. The van der Waals surface area contributed by atoms with E-state index < -0.39 is 22.3 Å². The number of carbonyl (C=O) groups excluding carboxylic acids is 1. The second-order valence-electron chi connectivity index (χ2n) is 4.90. The fourth-order valence-electron chi connectivity index (χ4n) is 2.08. The number of carboxylic acids is 1. The Morgan fingerprint density at radius 3 is 2.71 bits per heavy atom. The summed E-state index contributed by atoms with van der Waals surface area (Å²) in [6.45, 7) is 0. The molecule has 1 aromatic carbocycles. The van der Waals surface area contributed by atoms with Gasteiger partial charge in [-0.3, -0.25) is 20.0 Å². The molecule has 1 aliphatic carbocycles. The summed E-state index contributed by atoms with van der Waals surface area (Å²) >= 11 is 0. The quantitative estimate of drug-likeness (QED) is 0.562. The lowest BCUT2D eigenvalue weighted by Gasteiger charge is -2.10. The molecule has 9 heteroatoms. The van der Waals surface area contributed by atoms with E-state index in [0.717, 1.165) is 0 Å². The lowest BCUT2D eigenvalue weighted by Crippen LogP contribution is -2.43. The Hall–Kier alpha value is -2.97. The maximum atomic E-state index is 12.1. The summed E-state index contributed by atoms with van der Waals surface area (Å²) in [4.78, 5) is 33.4. The molecule has 3 rings (SSSR count). The van der Waals surface area contributed by atoms with Gasteiger partial charge in [-0.2, -0.15) is 5.10 Å². The number of nitrogens with one attached hydrogen (secondary N) is 2. The van der Waals surface area contributed by atoms with E-state index in [4.69, 9.17) is 5.11 Å². The van der Waals surface area contributed by atoms with Gasteiger partial charge in [0.25, 0.3) is 11.6 Å². The van der Waals surface area contributed by atoms with E-state index in [1.807, 2.05) is 0 Å². The van der Waals surface area contributed by atoms with E-state index in [2.05, 4.69) is 15.5 Å². The summed E-state index contributed by atoms with van der Waals surface area (Å²) in [6.07, 6.45) is 0.715. The molecule has 2 aromatic rings. The van der Waals surface area contributed by atoms with Crippen molar-refractivity contribution in [3.8, 4) is 0 Å². The van der Waals surface area contributed by atoms with Crippen molar-refractivity contribution in [1.29, 1.82) is 0 Å². The molecular weight excluding hydrogens is 280 g/mol. The van der Waals surface area contributed by atoms with Crippen molar-refractivity contribution in [1.82, 2.24) is 15.5 Å². The normalized spacial score (nSPS) is 15.6.